The number of nitrogens with one attached hydrogen (secondary N) is 1. The van der Waals surface area contributed by atoms with E-state index in [-0.39, 0.29) is 11.7 Å². The van der Waals surface area contributed by atoms with Crippen LogP contribution in [0, 0.1) is 12.7 Å². The van der Waals surface area contributed by atoms with Crippen LogP contribution in [0.15, 0.2) is 48.5 Å². The van der Waals surface area contributed by atoms with Crippen molar-refractivity contribution in [2.24, 2.45) is 0 Å². The number of quaternary nitrogens is 1. The predicted octanol–water partition coefficient (Wildman–Crippen LogP) is 2.08. The lowest BCUT2D eigenvalue weighted by Crippen LogP contribution is -3.13. The molecule has 1 N–H and O–H groups in total. The highest BCUT2D eigenvalue weighted by Gasteiger charge is 2.22. The normalized spacial score (nSPS) is 15.3. The van der Waals surface area contributed by atoms with Gasteiger partial charge in [-0.15, -0.1) is 0 Å². The molecule has 1 fully saturated rings. The molecule has 3 rings (SSSR count). The molecule has 0 unspecified atom stereocenters. The molecule has 2 aromatic carbocycles. The maximum Gasteiger partial charge on any atom is 0.246 e. The number of piperazine rings is 1. The van der Waals surface area contributed by atoms with Gasteiger partial charge < -0.3 is 14.5 Å². The highest BCUT2D eigenvalue weighted by atomic mass is 19.1. The number of ether oxygens (including phenoxy) is 1. The first kappa shape index (κ1) is 19.1. The maximum atomic E-state index is 13.7. The summed E-state index contributed by atoms with van der Waals surface area (Å²) in [6, 6.07) is 13.2. The first-order valence-electron chi connectivity index (χ1n) is 9.25. The highest BCUT2D eigenvalue weighted by molar-refractivity contribution is 5.91. The van der Waals surface area contributed by atoms with Crippen LogP contribution in [0.25, 0.3) is 6.08 Å². The second-order valence-electron chi connectivity index (χ2n) is 6.97. The summed E-state index contributed by atoms with van der Waals surface area (Å²) in [6.07, 6.45) is 3.17. The van der Waals surface area contributed by atoms with Crippen molar-refractivity contribution in [2.45, 2.75) is 13.5 Å². The molecule has 1 aliphatic heterocycles. The van der Waals surface area contributed by atoms with E-state index in [1.807, 2.05) is 4.90 Å². The maximum absolute atomic E-state index is 13.7. The van der Waals surface area contributed by atoms with Gasteiger partial charge in [-0.25, -0.2) is 4.39 Å². The van der Waals surface area contributed by atoms with E-state index in [9.17, 15) is 9.18 Å². The number of hydrogen-bond donors (Lipinski definition) is 1. The number of aryl methyl sites for hydroxylation is 1. The van der Waals surface area contributed by atoms with Crippen molar-refractivity contribution >= 4 is 12.0 Å². The van der Waals surface area contributed by atoms with Crippen LogP contribution in [0.2, 0.25) is 0 Å². The Balaban J connectivity index is 1.51. The van der Waals surface area contributed by atoms with Crippen molar-refractivity contribution in [2.75, 3.05) is 33.3 Å². The van der Waals surface area contributed by atoms with Gasteiger partial charge in [0.2, 0.25) is 5.91 Å². The van der Waals surface area contributed by atoms with E-state index in [2.05, 4.69) is 31.2 Å². The molecule has 1 heterocycles. The lowest BCUT2D eigenvalue weighted by atomic mass is 10.1. The molecule has 1 saturated heterocycles. The molecule has 0 saturated carbocycles. The first-order valence-corrected chi connectivity index (χ1v) is 9.25. The van der Waals surface area contributed by atoms with E-state index >= 15 is 0 Å². The Bertz CT molecular complexity index is 827. The second kappa shape index (κ2) is 8.82. The van der Waals surface area contributed by atoms with Gasteiger partial charge in [0.15, 0.2) is 11.6 Å². The Morgan fingerprint density at radius 3 is 2.67 bits per heavy atom. The number of rotatable bonds is 5. The summed E-state index contributed by atoms with van der Waals surface area (Å²) in [5.41, 5.74) is 3.26. The van der Waals surface area contributed by atoms with E-state index in [1.165, 1.54) is 35.3 Å². The average molecular weight is 369 g/mol. The van der Waals surface area contributed by atoms with Crippen molar-refractivity contribution in [1.82, 2.24) is 4.90 Å². The van der Waals surface area contributed by atoms with Crippen LogP contribution in [0.5, 0.6) is 5.75 Å². The molecular formula is C22H26FN2O2+. The van der Waals surface area contributed by atoms with E-state index in [0.717, 1.165) is 32.7 Å². The van der Waals surface area contributed by atoms with Crippen LogP contribution < -0.4 is 9.64 Å². The molecule has 0 bridgehead atoms. The van der Waals surface area contributed by atoms with Gasteiger partial charge >= 0.3 is 0 Å². The summed E-state index contributed by atoms with van der Waals surface area (Å²) < 4.78 is 18.6. The summed E-state index contributed by atoms with van der Waals surface area (Å²) in [4.78, 5) is 15.7. The Morgan fingerprint density at radius 1 is 1.22 bits per heavy atom. The number of nitrogens with zero attached hydrogens (tertiary/aromatic N) is 1. The van der Waals surface area contributed by atoms with Gasteiger partial charge in [0.25, 0.3) is 0 Å². The van der Waals surface area contributed by atoms with E-state index in [0.29, 0.717) is 5.56 Å². The van der Waals surface area contributed by atoms with Gasteiger partial charge in [-0.3, -0.25) is 4.79 Å². The summed E-state index contributed by atoms with van der Waals surface area (Å²) in [5, 5.41) is 0. The molecule has 2 aromatic rings. The smallest absolute Gasteiger partial charge is 0.246 e. The number of hydrogen-bond acceptors (Lipinski definition) is 2. The number of carbonyl (C=O) groups excluding carboxylic acids is 1. The molecule has 0 aromatic heterocycles. The van der Waals surface area contributed by atoms with Crippen LogP contribution in [-0.2, 0) is 11.3 Å². The Morgan fingerprint density at radius 2 is 2.00 bits per heavy atom. The first-order chi connectivity index (χ1) is 13.0. The van der Waals surface area contributed by atoms with E-state index in [1.54, 1.807) is 18.2 Å². The van der Waals surface area contributed by atoms with Crippen LogP contribution in [0.1, 0.15) is 16.7 Å². The minimum absolute atomic E-state index is 0.0270. The monoisotopic (exact) mass is 369 g/mol. The fourth-order valence-electron chi connectivity index (χ4n) is 3.39. The van der Waals surface area contributed by atoms with E-state index < -0.39 is 5.82 Å². The number of benzene rings is 2. The Kier molecular flexibility index (Phi) is 6.24. The average Bonchev–Trinajstić information content (AvgIpc) is 2.67. The van der Waals surface area contributed by atoms with Crippen molar-refractivity contribution in [1.29, 1.82) is 0 Å². The Labute approximate surface area is 159 Å². The van der Waals surface area contributed by atoms with Gasteiger partial charge in [0, 0.05) is 11.6 Å². The number of halogens is 1. The minimum Gasteiger partial charge on any atom is -0.494 e. The standard InChI is InChI=1S/C22H25FN2O2/c1-17-4-3-5-19(14-17)16-24-10-12-25(13-11-24)22(26)9-7-18-6-8-21(27-2)20(23)15-18/h3-9,14-15H,10-13,16H2,1-2H3/p+1/b9-7+. The van der Waals surface area contributed by atoms with E-state index in [4.69, 9.17) is 4.74 Å². The second-order valence-corrected chi connectivity index (χ2v) is 6.97. The number of carbonyl (C=O) groups is 1. The summed E-state index contributed by atoms with van der Waals surface area (Å²) in [5.74, 6) is -0.257. The highest BCUT2D eigenvalue weighted by Crippen LogP contribution is 2.18. The largest absolute Gasteiger partial charge is 0.494 e. The molecule has 0 radical (unpaired) electrons. The van der Waals surface area contributed by atoms with Crippen LogP contribution in [-0.4, -0.2) is 44.1 Å². The molecule has 1 amide bonds. The molecule has 4 nitrogen and oxygen atoms in total. The topological polar surface area (TPSA) is 34.0 Å². The predicted molar refractivity (Wildman–Crippen MR) is 104 cm³/mol. The van der Waals surface area contributed by atoms with Crippen molar-refractivity contribution in [3.8, 4) is 5.75 Å². The molecule has 1 aliphatic rings. The molecule has 0 aliphatic carbocycles. The fraction of sp³-hybridized carbons (Fsp3) is 0.318. The van der Waals surface area contributed by atoms with Gasteiger partial charge in [0.1, 0.15) is 6.54 Å². The van der Waals surface area contributed by atoms with Crippen molar-refractivity contribution in [3.63, 3.8) is 0 Å². The lowest BCUT2D eigenvalue weighted by molar-refractivity contribution is -0.917. The fourth-order valence-corrected chi connectivity index (χ4v) is 3.39. The molecule has 0 spiro atoms. The van der Waals surface area contributed by atoms with Gasteiger partial charge in [-0.2, -0.15) is 0 Å². The van der Waals surface area contributed by atoms with Gasteiger partial charge in [-0.1, -0.05) is 35.9 Å². The summed E-state index contributed by atoms with van der Waals surface area (Å²) in [6.45, 7) is 6.44. The third-order valence-corrected chi connectivity index (χ3v) is 4.91. The third-order valence-electron chi connectivity index (χ3n) is 4.91. The lowest BCUT2D eigenvalue weighted by Gasteiger charge is -2.31. The van der Waals surface area contributed by atoms with Gasteiger partial charge in [-0.05, 0) is 30.7 Å². The number of amides is 1. The molecule has 27 heavy (non-hydrogen) atoms. The SMILES string of the molecule is COc1ccc(/C=C/C(=O)N2CC[NH+](Cc3cccc(C)c3)CC2)cc1F. The quantitative estimate of drug-likeness (QED) is 0.819. The molecular weight excluding hydrogens is 343 g/mol. The molecule has 142 valence electrons. The zero-order valence-electron chi connectivity index (χ0n) is 15.9. The molecule has 0 atom stereocenters. The summed E-state index contributed by atoms with van der Waals surface area (Å²) >= 11 is 0. The van der Waals surface area contributed by atoms with Crippen LogP contribution >= 0.6 is 0 Å². The Hall–Kier alpha value is -2.66. The van der Waals surface area contributed by atoms with Crippen molar-refractivity contribution < 1.29 is 18.8 Å². The van der Waals surface area contributed by atoms with Crippen LogP contribution in [0.3, 0.4) is 0 Å². The number of methoxy groups -OCH3 is 1. The van der Waals surface area contributed by atoms with Crippen LogP contribution in [0.4, 0.5) is 4.39 Å². The van der Waals surface area contributed by atoms with Gasteiger partial charge in [0.05, 0.1) is 33.3 Å². The zero-order valence-corrected chi connectivity index (χ0v) is 15.9. The zero-order chi connectivity index (χ0) is 19.2. The third kappa shape index (κ3) is 5.17. The van der Waals surface area contributed by atoms with Crippen molar-refractivity contribution in [3.05, 3.63) is 71.0 Å². The summed E-state index contributed by atoms with van der Waals surface area (Å²) in [7, 11) is 1.43. The minimum atomic E-state index is -0.430. The molecule has 5 heteroatoms.